The van der Waals surface area contributed by atoms with E-state index in [1.807, 2.05) is 13.1 Å². The molecule has 0 saturated heterocycles. The number of rotatable bonds is 4. The first-order valence-corrected chi connectivity index (χ1v) is 2.92. The van der Waals surface area contributed by atoms with Crippen LogP contribution < -0.4 is 5.32 Å². The van der Waals surface area contributed by atoms with Gasteiger partial charge < -0.3 is 5.32 Å². The van der Waals surface area contributed by atoms with Crippen molar-refractivity contribution < 1.29 is 0 Å². The summed E-state index contributed by atoms with van der Waals surface area (Å²) in [5.41, 5.74) is 0. The van der Waals surface area contributed by atoms with Gasteiger partial charge >= 0.3 is 0 Å². The SMILES string of the molecule is [CH2]CC(CC=C)NC. The Morgan fingerprint density at radius 2 is 2.38 bits per heavy atom. The third kappa shape index (κ3) is 2.80. The van der Waals surface area contributed by atoms with Crippen LogP contribution in [0, 0.1) is 6.92 Å². The molecule has 0 spiro atoms. The van der Waals surface area contributed by atoms with Gasteiger partial charge in [0, 0.05) is 6.04 Å². The Bertz CT molecular complexity index is 55.4. The standard InChI is InChI=1S/C7H14N/c1-4-6-7(5-2)8-3/h4,7-8H,1-2,5-6H2,3H3. The second kappa shape index (κ2) is 4.85. The molecule has 0 aromatic heterocycles. The third-order valence-electron chi connectivity index (χ3n) is 1.21. The molecular weight excluding hydrogens is 98.1 g/mol. The highest BCUT2D eigenvalue weighted by molar-refractivity contribution is 4.77. The number of hydrogen-bond acceptors (Lipinski definition) is 1. The van der Waals surface area contributed by atoms with Crippen molar-refractivity contribution in [3.05, 3.63) is 19.6 Å². The zero-order valence-corrected chi connectivity index (χ0v) is 5.48. The van der Waals surface area contributed by atoms with E-state index in [1.54, 1.807) is 0 Å². The number of hydrogen-bond donors (Lipinski definition) is 1. The lowest BCUT2D eigenvalue weighted by Gasteiger charge is -2.08. The van der Waals surface area contributed by atoms with E-state index in [1.165, 1.54) is 0 Å². The van der Waals surface area contributed by atoms with Crippen molar-refractivity contribution in [2.75, 3.05) is 7.05 Å². The second-order valence-electron chi connectivity index (χ2n) is 1.80. The van der Waals surface area contributed by atoms with Crippen LogP contribution in [0.5, 0.6) is 0 Å². The van der Waals surface area contributed by atoms with Crippen LogP contribution >= 0.6 is 0 Å². The van der Waals surface area contributed by atoms with E-state index in [-0.39, 0.29) is 0 Å². The predicted octanol–water partition coefficient (Wildman–Crippen LogP) is 1.37. The van der Waals surface area contributed by atoms with Gasteiger partial charge in [-0.05, 0) is 19.9 Å². The van der Waals surface area contributed by atoms with Crippen molar-refractivity contribution in [3.8, 4) is 0 Å². The van der Waals surface area contributed by atoms with E-state index in [9.17, 15) is 0 Å². The quantitative estimate of drug-likeness (QED) is 0.542. The van der Waals surface area contributed by atoms with E-state index >= 15 is 0 Å². The molecule has 0 aliphatic carbocycles. The van der Waals surface area contributed by atoms with Gasteiger partial charge in [0.1, 0.15) is 0 Å². The summed E-state index contributed by atoms with van der Waals surface area (Å²) in [4.78, 5) is 0. The van der Waals surface area contributed by atoms with Crippen molar-refractivity contribution in [3.63, 3.8) is 0 Å². The lowest BCUT2D eigenvalue weighted by Crippen LogP contribution is -2.22. The molecular formula is C7H14N. The molecule has 0 rings (SSSR count). The molecule has 0 amide bonds. The van der Waals surface area contributed by atoms with Gasteiger partial charge in [0.15, 0.2) is 0 Å². The minimum atomic E-state index is 0.521. The number of nitrogens with one attached hydrogen (secondary N) is 1. The highest BCUT2D eigenvalue weighted by Gasteiger charge is 1.96. The molecule has 1 radical (unpaired) electrons. The first kappa shape index (κ1) is 7.70. The van der Waals surface area contributed by atoms with Crippen molar-refractivity contribution in [2.24, 2.45) is 0 Å². The van der Waals surface area contributed by atoms with Gasteiger partial charge in [-0.3, -0.25) is 0 Å². The van der Waals surface area contributed by atoms with E-state index in [0.717, 1.165) is 12.8 Å². The minimum Gasteiger partial charge on any atom is -0.317 e. The second-order valence-corrected chi connectivity index (χ2v) is 1.80. The monoisotopic (exact) mass is 112 g/mol. The van der Waals surface area contributed by atoms with Crippen LogP contribution in [0.2, 0.25) is 0 Å². The average molecular weight is 112 g/mol. The van der Waals surface area contributed by atoms with Crippen LogP contribution in [0.25, 0.3) is 0 Å². The summed E-state index contributed by atoms with van der Waals surface area (Å²) in [6.45, 7) is 7.39. The van der Waals surface area contributed by atoms with Gasteiger partial charge in [-0.2, -0.15) is 0 Å². The summed E-state index contributed by atoms with van der Waals surface area (Å²) in [7, 11) is 1.94. The zero-order valence-electron chi connectivity index (χ0n) is 5.48. The van der Waals surface area contributed by atoms with Crippen molar-refractivity contribution in [1.29, 1.82) is 0 Å². The van der Waals surface area contributed by atoms with Crippen LogP contribution in [0.3, 0.4) is 0 Å². The Labute approximate surface area is 51.8 Å². The van der Waals surface area contributed by atoms with Crippen LogP contribution in [-0.4, -0.2) is 13.1 Å². The lowest BCUT2D eigenvalue weighted by molar-refractivity contribution is 0.575. The van der Waals surface area contributed by atoms with Gasteiger partial charge in [-0.1, -0.05) is 13.0 Å². The van der Waals surface area contributed by atoms with Crippen LogP contribution in [0.1, 0.15) is 12.8 Å². The molecule has 0 bridgehead atoms. The summed E-state index contributed by atoms with van der Waals surface area (Å²) in [6.07, 6.45) is 3.86. The maximum atomic E-state index is 3.77. The largest absolute Gasteiger partial charge is 0.317 e. The van der Waals surface area contributed by atoms with Gasteiger partial charge in [0.05, 0.1) is 0 Å². The molecule has 0 fully saturated rings. The first-order valence-electron chi connectivity index (χ1n) is 2.92. The fraction of sp³-hybridized carbons (Fsp3) is 0.571. The molecule has 0 aliphatic heterocycles. The molecule has 1 atom stereocenters. The Hall–Kier alpha value is -0.300. The first-order chi connectivity index (χ1) is 3.85. The smallest absolute Gasteiger partial charge is 0.00984 e. The van der Waals surface area contributed by atoms with E-state index in [0.29, 0.717) is 6.04 Å². The van der Waals surface area contributed by atoms with Gasteiger partial charge in [0.25, 0.3) is 0 Å². The minimum absolute atomic E-state index is 0.521. The summed E-state index contributed by atoms with van der Waals surface area (Å²) < 4.78 is 0. The molecule has 0 aromatic rings. The van der Waals surface area contributed by atoms with Gasteiger partial charge in [-0.15, -0.1) is 6.58 Å². The molecule has 1 nitrogen and oxygen atoms in total. The fourth-order valence-corrected chi connectivity index (χ4v) is 0.581. The highest BCUT2D eigenvalue weighted by atomic mass is 14.9. The average Bonchev–Trinajstić information content (AvgIpc) is 1.83. The van der Waals surface area contributed by atoms with Crippen molar-refractivity contribution in [1.82, 2.24) is 5.32 Å². The molecule has 0 aromatic carbocycles. The topological polar surface area (TPSA) is 12.0 Å². The van der Waals surface area contributed by atoms with Gasteiger partial charge in [-0.25, -0.2) is 0 Å². The van der Waals surface area contributed by atoms with Crippen LogP contribution in [0.4, 0.5) is 0 Å². The summed E-state index contributed by atoms with van der Waals surface area (Å²) in [5, 5.41) is 3.12. The molecule has 1 unspecified atom stereocenters. The highest BCUT2D eigenvalue weighted by Crippen LogP contribution is 1.94. The third-order valence-corrected chi connectivity index (χ3v) is 1.21. The Morgan fingerprint density at radius 1 is 1.75 bits per heavy atom. The normalized spacial score (nSPS) is 13.2. The summed E-state index contributed by atoms with van der Waals surface area (Å²) in [6, 6.07) is 0.521. The summed E-state index contributed by atoms with van der Waals surface area (Å²) >= 11 is 0. The predicted molar refractivity (Wildman–Crippen MR) is 37.6 cm³/mol. The molecule has 1 N–H and O–H groups in total. The molecule has 47 valence electrons. The van der Waals surface area contributed by atoms with Crippen molar-refractivity contribution in [2.45, 2.75) is 18.9 Å². The molecule has 0 heterocycles. The fourth-order valence-electron chi connectivity index (χ4n) is 0.581. The molecule has 1 heteroatoms. The van der Waals surface area contributed by atoms with E-state index < -0.39 is 0 Å². The van der Waals surface area contributed by atoms with E-state index in [4.69, 9.17) is 0 Å². The maximum absolute atomic E-state index is 3.77. The van der Waals surface area contributed by atoms with Crippen LogP contribution in [0.15, 0.2) is 12.7 Å². The Morgan fingerprint density at radius 3 is 2.50 bits per heavy atom. The summed E-state index contributed by atoms with van der Waals surface area (Å²) in [5.74, 6) is 0. The van der Waals surface area contributed by atoms with E-state index in [2.05, 4.69) is 18.8 Å². The van der Waals surface area contributed by atoms with Crippen molar-refractivity contribution >= 4 is 0 Å². The zero-order chi connectivity index (χ0) is 6.41. The van der Waals surface area contributed by atoms with Gasteiger partial charge in [0.2, 0.25) is 0 Å². The Balaban J connectivity index is 3.20. The molecule has 8 heavy (non-hydrogen) atoms. The molecule has 0 aliphatic rings. The van der Waals surface area contributed by atoms with Crippen LogP contribution in [-0.2, 0) is 0 Å². The maximum Gasteiger partial charge on any atom is 0.00984 e. The molecule has 0 saturated carbocycles. The Kier molecular flexibility index (Phi) is 4.67. The lowest BCUT2D eigenvalue weighted by atomic mass is 10.1.